The Balaban J connectivity index is 2.07. The number of hydrogen-bond acceptors (Lipinski definition) is 6. The molecule has 0 amide bonds. The predicted molar refractivity (Wildman–Crippen MR) is 75.2 cm³/mol. The summed E-state index contributed by atoms with van der Waals surface area (Å²) in [6.07, 6.45) is 6.76. The SMILES string of the molecule is CCOc1cc2ncn(-c3cncc(NC)n3)c2cn1. The molecule has 0 unspecified atom stereocenters. The van der Waals surface area contributed by atoms with Crippen LogP contribution in [0, 0.1) is 0 Å². The van der Waals surface area contributed by atoms with E-state index in [1.54, 1.807) is 32.0 Å². The number of ether oxygens (including phenoxy) is 1. The van der Waals surface area contributed by atoms with Crippen LogP contribution in [0.3, 0.4) is 0 Å². The zero-order valence-electron chi connectivity index (χ0n) is 11.2. The summed E-state index contributed by atoms with van der Waals surface area (Å²) in [7, 11) is 1.80. The summed E-state index contributed by atoms with van der Waals surface area (Å²) < 4.78 is 7.21. The van der Waals surface area contributed by atoms with Gasteiger partial charge in [0.1, 0.15) is 12.1 Å². The minimum absolute atomic E-state index is 0.570. The molecule has 0 aromatic carbocycles. The van der Waals surface area contributed by atoms with Crippen molar-refractivity contribution in [3.63, 3.8) is 0 Å². The van der Waals surface area contributed by atoms with Crippen LogP contribution in [0.15, 0.2) is 31.0 Å². The number of pyridine rings is 1. The van der Waals surface area contributed by atoms with Crippen LogP contribution in [0.5, 0.6) is 5.88 Å². The summed E-state index contributed by atoms with van der Waals surface area (Å²) in [6, 6.07) is 1.81. The van der Waals surface area contributed by atoms with Crippen LogP contribution in [0.25, 0.3) is 16.9 Å². The maximum absolute atomic E-state index is 5.37. The second kappa shape index (κ2) is 5.12. The number of nitrogens with zero attached hydrogens (tertiary/aromatic N) is 5. The van der Waals surface area contributed by atoms with Gasteiger partial charge >= 0.3 is 0 Å². The van der Waals surface area contributed by atoms with Crippen molar-refractivity contribution < 1.29 is 4.74 Å². The lowest BCUT2D eigenvalue weighted by molar-refractivity contribution is 0.327. The molecule has 102 valence electrons. The van der Waals surface area contributed by atoms with E-state index in [0.717, 1.165) is 11.0 Å². The van der Waals surface area contributed by atoms with E-state index in [2.05, 4.69) is 25.3 Å². The molecule has 1 N–H and O–H groups in total. The monoisotopic (exact) mass is 270 g/mol. The lowest BCUT2D eigenvalue weighted by atomic mass is 10.4. The Kier molecular flexibility index (Phi) is 3.16. The van der Waals surface area contributed by atoms with Crippen molar-refractivity contribution in [2.75, 3.05) is 19.0 Å². The molecule has 0 aliphatic rings. The average molecular weight is 270 g/mol. The number of rotatable bonds is 4. The zero-order chi connectivity index (χ0) is 13.9. The molecule has 0 aliphatic carbocycles. The highest BCUT2D eigenvalue weighted by Crippen LogP contribution is 2.19. The Hall–Kier alpha value is -2.70. The molecule has 3 heterocycles. The molecule has 7 heteroatoms. The van der Waals surface area contributed by atoms with Gasteiger partial charge in [0, 0.05) is 13.1 Å². The van der Waals surface area contributed by atoms with E-state index in [1.807, 2.05) is 17.6 Å². The van der Waals surface area contributed by atoms with Gasteiger partial charge in [0.2, 0.25) is 5.88 Å². The Bertz CT molecular complexity index is 739. The highest BCUT2D eigenvalue weighted by atomic mass is 16.5. The summed E-state index contributed by atoms with van der Waals surface area (Å²) in [4.78, 5) is 17.2. The molecule has 3 rings (SSSR count). The van der Waals surface area contributed by atoms with E-state index in [4.69, 9.17) is 4.74 Å². The third-order valence-electron chi connectivity index (χ3n) is 2.83. The number of anilines is 1. The zero-order valence-corrected chi connectivity index (χ0v) is 11.2. The van der Waals surface area contributed by atoms with Crippen LogP contribution in [0.2, 0.25) is 0 Å². The van der Waals surface area contributed by atoms with E-state index in [1.165, 1.54) is 0 Å². The van der Waals surface area contributed by atoms with Crippen molar-refractivity contribution in [2.24, 2.45) is 0 Å². The minimum Gasteiger partial charge on any atom is -0.478 e. The highest BCUT2D eigenvalue weighted by molar-refractivity contribution is 5.77. The number of fused-ring (bicyclic) bond motifs is 1. The smallest absolute Gasteiger partial charge is 0.215 e. The fourth-order valence-corrected chi connectivity index (χ4v) is 1.89. The van der Waals surface area contributed by atoms with Crippen LogP contribution in [-0.2, 0) is 0 Å². The summed E-state index contributed by atoms with van der Waals surface area (Å²) in [5, 5.41) is 2.96. The van der Waals surface area contributed by atoms with E-state index in [9.17, 15) is 0 Å². The lowest BCUT2D eigenvalue weighted by Crippen LogP contribution is -2.01. The standard InChI is InChI=1S/C13H14N6O/c1-3-20-13-4-9-10(5-16-13)19(8-17-9)12-7-15-6-11(14-2)18-12/h4-8H,3H2,1-2H3,(H,14,18). The van der Waals surface area contributed by atoms with Crippen LogP contribution >= 0.6 is 0 Å². The van der Waals surface area contributed by atoms with Gasteiger partial charge in [-0.05, 0) is 6.92 Å². The largest absolute Gasteiger partial charge is 0.478 e. The molecule has 0 saturated heterocycles. The molecule has 0 bridgehead atoms. The maximum atomic E-state index is 5.37. The van der Waals surface area contributed by atoms with Gasteiger partial charge in [-0.1, -0.05) is 0 Å². The molecule has 0 spiro atoms. The number of aromatic nitrogens is 5. The quantitative estimate of drug-likeness (QED) is 0.776. The first-order valence-electron chi connectivity index (χ1n) is 6.28. The summed E-state index contributed by atoms with van der Waals surface area (Å²) in [5.41, 5.74) is 1.66. The van der Waals surface area contributed by atoms with Gasteiger partial charge < -0.3 is 10.1 Å². The summed E-state index contributed by atoms with van der Waals surface area (Å²) in [6.45, 7) is 2.50. The molecular formula is C13H14N6O. The van der Waals surface area contributed by atoms with E-state index < -0.39 is 0 Å². The molecule has 7 nitrogen and oxygen atoms in total. The van der Waals surface area contributed by atoms with Gasteiger partial charge in [0.15, 0.2) is 5.82 Å². The summed E-state index contributed by atoms with van der Waals surface area (Å²) >= 11 is 0. The molecule has 0 saturated carbocycles. The fourth-order valence-electron chi connectivity index (χ4n) is 1.89. The Morgan fingerprint density at radius 2 is 2.15 bits per heavy atom. The van der Waals surface area contributed by atoms with Gasteiger partial charge in [0.05, 0.1) is 36.2 Å². The Labute approximate surface area is 115 Å². The van der Waals surface area contributed by atoms with Crippen LogP contribution in [0.4, 0.5) is 5.82 Å². The first-order chi connectivity index (χ1) is 9.81. The molecule has 3 aromatic heterocycles. The number of imidazole rings is 1. The molecule has 20 heavy (non-hydrogen) atoms. The van der Waals surface area contributed by atoms with Gasteiger partial charge in [-0.15, -0.1) is 0 Å². The molecule has 0 aliphatic heterocycles. The molecule has 0 fully saturated rings. The maximum Gasteiger partial charge on any atom is 0.215 e. The fraction of sp³-hybridized carbons (Fsp3) is 0.231. The first-order valence-corrected chi connectivity index (χ1v) is 6.28. The summed E-state index contributed by atoms with van der Waals surface area (Å²) in [5.74, 6) is 1.95. The van der Waals surface area contributed by atoms with Gasteiger partial charge in [-0.3, -0.25) is 9.55 Å². The second-order valence-electron chi connectivity index (χ2n) is 4.07. The predicted octanol–water partition coefficient (Wildman–Crippen LogP) is 1.65. The van der Waals surface area contributed by atoms with Crippen molar-refractivity contribution in [1.82, 2.24) is 24.5 Å². The third kappa shape index (κ3) is 2.13. The number of hydrogen-bond donors (Lipinski definition) is 1. The third-order valence-corrected chi connectivity index (χ3v) is 2.83. The van der Waals surface area contributed by atoms with Crippen molar-refractivity contribution in [1.29, 1.82) is 0 Å². The molecule has 3 aromatic rings. The van der Waals surface area contributed by atoms with Gasteiger partial charge in [-0.25, -0.2) is 15.0 Å². The van der Waals surface area contributed by atoms with Crippen LogP contribution < -0.4 is 10.1 Å². The molecule has 0 atom stereocenters. The van der Waals surface area contributed by atoms with Crippen molar-refractivity contribution in [2.45, 2.75) is 6.92 Å². The van der Waals surface area contributed by atoms with Crippen molar-refractivity contribution >= 4 is 16.9 Å². The normalized spacial score (nSPS) is 10.7. The Morgan fingerprint density at radius 1 is 1.25 bits per heavy atom. The number of nitrogens with one attached hydrogen (secondary N) is 1. The highest BCUT2D eigenvalue weighted by Gasteiger charge is 2.08. The lowest BCUT2D eigenvalue weighted by Gasteiger charge is -2.05. The second-order valence-corrected chi connectivity index (χ2v) is 4.07. The van der Waals surface area contributed by atoms with Crippen LogP contribution in [0.1, 0.15) is 6.92 Å². The van der Waals surface area contributed by atoms with E-state index in [0.29, 0.717) is 24.1 Å². The van der Waals surface area contributed by atoms with Crippen molar-refractivity contribution in [3.05, 3.63) is 31.0 Å². The van der Waals surface area contributed by atoms with E-state index in [-0.39, 0.29) is 0 Å². The van der Waals surface area contributed by atoms with E-state index >= 15 is 0 Å². The van der Waals surface area contributed by atoms with Crippen molar-refractivity contribution in [3.8, 4) is 11.7 Å². The minimum atomic E-state index is 0.570. The molecular weight excluding hydrogens is 256 g/mol. The molecule has 0 radical (unpaired) electrons. The van der Waals surface area contributed by atoms with Crippen LogP contribution in [-0.4, -0.2) is 38.2 Å². The first kappa shape index (κ1) is 12.3. The van der Waals surface area contributed by atoms with Gasteiger partial charge in [-0.2, -0.15) is 0 Å². The Morgan fingerprint density at radius 3 is 2.95 bits per heavy atom. The van der Waals surface area contributed by atoms with Gasteiger partial charge in [0.25, 0.3) is 0 Å². The topological polar surface area (TPSA) is 77.8 Å². The average Bonchev–Trinajstić information content (AvgIpc) is 2.91.